The highest BCUT2D eigenvalue weighted by Crippen LogP contribution is 2.40. The first-order valence-corrected chi connectivity index (χ1v) is 12.3. The van der Waals surface area contributed by atoms with E-state index >= 15 is 0 Å². The molecule has 4 heteroatoms. The van der Waals surface area contributed by atoms with Gasteiger partial charge in [-0.25, -0.2) is 0 Å². The Balaban J connectivity index is 1.91. The van der Waals surface area contributed by atoms with E-state index in [4.69, 9.17) is 4.98 Å². The monoisotopic (exact) mass is 516 g/mol. The zero-order chi connectivity index (χ0) is 23.9. The van der Waals surface area contributed by atoms with Crippen molar-refractivity contribution in [2.24, 2.45) is 0 Å². The largest absolute Gasteiger partial charge is 0.273 e. The van der Waals surface area contributed by atoms with Gasteiger partial charge in [-0.15, -0.1) is 0 Å². The van der Waals surface area contributed by atoms with E-state index in [1.165, 1.54) is 0 Å². The van der Waals surface area contributed by atoms with Crippen LogP contribution in [-0.4, -0.2) is 9.55 Å². The third-order valence-electron chi connectivity index (χ3n) is 6.43. The van der Waals surface area contributed by atoms with Gasteiger partial charge in [0.1, 0.15) is 0 Å². The first-order chi connectivity index (χ1) is 17.1. The fraction of sp³-hybridized carbons (Fsp3) is 0.0323. The molecule has 0 saturated heterocycles. The highest BCUT2D eigenvalue weighted by molar-refractivity contribution is 9.10. The standard InChI is InChI=1S/C31H21BrN2O/c1-20-19-26(32)25-17-10-18-33-28(25)29(20)34-30(22-13-6-3-7-14-22)27(21-11-4-2-5-12-21)23-15-8-9-16-24(23)31(34)35/h2-19H,1H3. The Kier molecular flexibility index (Phi) is 5.31. The number of fused-ring (bicyclic) bond motifs is 2. The van der Waals surface area contributed by atoms with E-state index in [2.05, 4.69) is 46.3 Å². The summed E-state index contributed by atoms with van der Waals surface area (Å²) in [6, 6.07) is 34.4. The minimum Gasteiger partial charge on any atom is -0.273 e. The summed E-state index contributed by atoms with van der Waals surface area (Å²) in [7, 11) is 0. The predicted octanol–water partition coefficient (Wildman–Crippen LogP) is 7.94. The van der Waals surface area contributed by atoms with Crippen molar-refractivity contribution in [2.45, 2.75) is 6.92 Å². The summed E-state index contributed by atoms with van der Waals surface area (Å²) < 4.78 is 2.83. The third-order valence-corrected chi connectivity index (χ3v) is 7.09. The van der Waals surface area contributed by atoms with Crippen LogP contribution >= 0.6 is 15.9 Å². The molecule has 0 atom stereocenters. The molecule has 0 N–H and O–H groups in total. The van der Waals surface area contributed by atoms with E-state index in [1.54, 1.807) is 6.20 Å². The average molecular weight is 517 g/mol. The Morgan fingerprint density at radius 2 is 1.31 bits per heavy atom. The second kappa shape index (κ2) is 8.64. The average Bonchev–Trinajstić information content (AvgIpc) is 2.90. The summed E-state index contributed by atoms with van der Waals surface area (Å²) in [6.45, 7) is 2.03. The van der Waals surface area contributed by atoms with Gasteiger partial charge in [0.2, 0.25) is 0 Å². The second-order valence-electron chi connectivity index (χ2n) is 8.57. The number of halogens is 1. The SMILES string of the molecule is Cc1cc(Br)c2cccnc2c1-n1c(-c2ccccc2)c(-c2ccccc2)c2ccccc2c1=O. The Morgan fingerprint density at radius 1 is 0.714 bits per heavy atom. The summed E-state index contributed by atoms with van der Waals surface area (Å²) in [5.41, 5.74) is 6.41. The number of hydrogen-bond donors (Lipinski definition) is 0. The first-order valence-electron chi connectivity index (χ1n) is 11.5. The number of aryl methyl sites for hydroxylation is 1. The fourth-order valence-corrected chi connectivity index (χ4v) is 5.58. The van der Waals surface area contributed by atoms with Crippen LogP contribution in [0.3, 0.4) is 0 Å². The summed E-state index contributed by atoms with van der Waals surface area (Å²) >= 11 is 3.70. The quantitative estimate of drug-likeness (QED) is 0.239. The molecule has 0 saturated carbocycles. The van der Waals surface area contributed by atoms with Crippen LogP contribution in [0.5, 0.6) is 0 Å². The van der Waals surface area contributed by atoms with E-state index in [0.717, 1.165) is 54.4 Å². The van der Waals surface area contributed by atoms with Gasteiger partial charge in [-0.3, -0.25) is 14.3 Å². The zero-order valence-electron chi connectivity index (χ0n) is 19.1. The first kappa shape index (κ1) is 21.5. The van der Waals surface area contributed by atoms with Crippen molar-refractivity contribution >= 4 is 37.6 Å². The van der Waals surface area contributed by atoms with Crippen LogP contribution in [0.2, 0.25) is 0 Å². The topological polar surface area (TPSA) is 34.9 Å². The summed E-state index contributed by atoms with van der Waals surface area (Å²) in [6.07, 6.45) is 1.78. The van der Waals surface area contributed by atoms with Gasteiger partial charge in [0.05, 0.1) is 16.9 Å². The minimum absolute atomic E-state index is 0.0588. The second-order valence-corrected chi connectivity index (χ2v) is 9.42. The smallest absolute Gasteiger partial charge is 0.263 e. The molecule has 0 aliphatic heterocycles. The van der Waals surface area contributed by atoms with Gasteiger partial charge in [-0.05, 0) is 47.2 Å². The summed E-state index contributed by atoms with van der Waals surface area (Å²) in [5.74, 6) is 0. The molecule has 3 nitrogen and oxygen atoms in total. The molecule has 0 bridgehead atoms. The van der Waals surface area contributed by atoms with E-state index in [0.29, 0.717) is 5.39 Å². The highest BCUT2D eigenvalue weighted by atomic mass is 79.9. The van der Waals surface area contributed by atoms with Crippen LogP contribution in [0.15, 0.2) is 119 Å². The van der Waals surface area contributed by atoms with Crippen LogP contribution in [0.25, 0.3) is 49.7 Å². The molecular formula is C31H21BrN2O. The molecule has 35 heavy (non-hydrogen) atoms. The molecule has 0 radical (unpaired) electrons. The fourth-order valence-electron chi connectivity index (χ4n) is 4.92. The van der Waals surface area contributed by atoms with E-state index in [9.17, 15) is 4.79 Å². The van der Waals surface area contributed by atoms with Gasteiger partial charge in [0, 0.05) is 27.0 Å². The van der Waals surface area contributed by atoms with Gasteiger partial charge in [-0.2, -0.15) is 0 Å². The third kappa shape index (κ3) is 3.49. The van der Waals surface area contributed by atoms with Crippen molar-refractivity contribution in [3.63, 3.8) is 0 Å². The number of aromatic nitrogens is 2. The minimum atomic E-state index is -0.0588. The van der Waals surface area contributed by atoms with Crippen LogP contribution in [0.1, 0.15) is 5.56 Å². The van der Waals surface area contributed by atoms with E-state index in [-0.39, 0.29) is 5.56 Å². The molecule has 2 aromatic heterocycles. The number of rotatable bonds is 3. The zero-order valence-corrected chi connectivity index (χ0v) is 20.7. The molecule has 0 aliphatic rings. The van der Waals surface area contributed by atoms with Crippen molar-refractivity contribution in [2.75, 3.05) is 0 Å². The van der Waals surface area contributed by atoms with Gasteiger partial charge < -0.3 is 0 Å². The predicted molar refractivity (Wildman–Crippen MR) is 148 cm³/mol. The van der Waals surface area contributed by atoms with E-state index < -0.39 is 0 Å². The molecule has 6 rings (SSSR count). The Morgan fingerprint density at radius 3 is 2.03 bits per heavy atom. The number of benzene rings is 4. The lowest BCUT2D eigenvalue weighted by atomic mass is 9.93. The number of nitrogens with zero attached hydrogens (tertiary/aromatic N) is 2. The molecule has 0 aliphatic carbocycles. The molecule has 2 heterocycles. The molecule has 0 fully saturated rings. The molecule has 0 amide bonds. The van der Waals surface area contributed by atoms with Crippen LogP contribution < -0.4 is 5.56 Å². The van der Waals surface area contributed by atoms with Crippen LogP contribution in [0, 0.1) is 6.92 Å². The van der Waals surface area contributed by atoms with Gasteiger partial charge in [0.15, 0.2) is 0 Å². The molecular weight excluding hydrogens is 496 g/mol. The van der Waals surface area contributed by atoms with Crippen molar-refractivity contribution in [1.82, 2.24) is 9.55 Å². The van der Waals surface area contributed by atoms with Crippen molar-refractivity contribution in [3.05, 3.63) is 130 Å². The Hall–Kier alpha value is -4.02. The van der Waals surface area contributed by atoms with Gasteiger partial charge >= 0.3 is 0 Å². The summed E-state index contributed by atoms with van der Waals surface area (Å²) in [4.78, 5) is 19.1. The lowest BCUT2D eigenvalue weighted by Gasteiger charge is -2.23. The maximum atomic E-state index is 14.3. The van der Waals surface area contributed by atoms with Crippen molar-refractivity contribution < 1.29 is 0 Å². The van der Waals surface area contributed by atoms with Crippen LogP contribution in [0.4, 0.5) is 0 Å². The number of hydrogen-bond acceptors (Lipinski definition) is 2. The van der Waals surface area contributed by atoms with Crippen molar-refractivity contribution in [3.8, 4) is 28.1 Å². The maximum absolute atomic E-state index is 14.3. The molecule has 4 aromatic carbocycles. The van der Waals surface area contributed by atoms with E-state index in [1.807, 2.05) is 84.3 Å². The molecule has 6 aromatic rings. The highest BCUT2D eigenvalue weighted by Gasteiger charge is 2.23. The number of pyridine rings is 2. The molecule has 0 unspecified atom stereocenters. The molecule has 0 spiro atoms. The Labute approximate surface area is 211 Å². The Bertz CT molecular complexity index is 1770. The van der Waals surface area contributed by atoms with Gasteiger partial charge in [0.25, 0.3) is 5.56 Å². The lowest BCUT2D eigenvalue weighted by Crippen LogP contribution is -2.23. The normalized spacial score (nSPS) is 11.3. The summed E-state index contributed by atoms with van der Waals surface area (Å²) in [5, 5.41) is 2.58. The lowest BCUT2D eigenvalue weighted by molar-refractivity contribution is 1.01. The maximum Gasteiger partial charge on any atom is 0.263 e. The van der Waals surface area contributed by atoms with Crippen molar-refractivity contribution in [1.29, 1.82) is 0 Å². The van der Waals surface area contributed by atoms with Gasteiger partial charge in [-0.1, -0.05) is 101 Å². The molecule has 168 valence electrons. The van der Waals surface area contributed by atoms with Crippen LogP contribution in [-0.2, 0) is 0 Å².